The molecule has 2 heterocycles. The van der Waals surface area contributed by atoms with Crippen LogP contribution in [0.2, 0.25) is 0 Å². The van der Waals surface area contributed by atoms with Crippen molar-refractivity contribution in [1.82, 2.24) is 14.9 Å². The molecule has 1 N–H and O–H groups in total. The SMILES string of the molecule is CC(C)O[C@@H]1CC[C@H](N2CCC(Nc3ncnc4ccc(C(F)(F)F)cc34)C2=O)[C@H](CS(=O)(=O)C(C)C)C1. The molecule has 4 rings (SSSR count). The van der Waals surface area contributed by atoms with Crippen LogP contribution in [0.3, 0.4) is 0 Å². The Bertz CT molecular complexity index is 1270. The van der Waals surface area contributed by atoms with Gasteiger partial charge in [-0.3, -0.25) is 4.79 Å². The fourth-order valence-corrected chi connectivity index (χ4v) is 6.81. The van der Waals surface area contributed by atoms with E-state index in [4.69, 9.17) is 4.74 Å². The molecule has 38 heavy (non-hydrogen) atoms. The second-order valence-electron chi connectivity index (χ2n) is 10.8. The molecular formula is C26H35F3N4O4S. The molecule has 2 aromatic rings. The van der Waals surface area contributed by atoms with Gasteiger partial charge in [0.1, 0.15) is 18.2 Å². The lowest BCUT2D eigenvalue weighted by molar-refractivity contribution is -0.137. The number of rotatable bonds is 8. The normalized spacial score (nSPS) is 25.1. The Hall–Kier alpha value is -2.47. The number of nitrogens with zero attached hydrogens (tertiary/aromatic N) is 3. The summed E-state index contributed by atoms with van der Waals surface area (Å²) in [5.41, 5.74) is -0.489. The molecule has 1 aromatic heterocycles. The Morgan fingerprint density at radius 3 is 2.53 bits per heavy atom. The first-order valence-corrected chi connectivity index (χ1v) is 14.7. The van der Waals surface area contributed by atoms with Gasteiger partial charge in [0.25, 0.3) is 0 Å². The van der Waals surface area contributed by atoms with Crippen LogP contribution in [0.25, 0.3) is 10.9 Å². The third kappa shape index (κ3) is 6.22. The van der Waals surface area contributed by atoms with Gasteiger partial charge in [0.15, 0.2) is 9.84 Å². The van der Waals surface area contributed by atoms with Gasteiger partial charge in [-0.2, -0.15) is 13.2 Å². The minimum atomic E-state index is -4.52. The average Bonchev–Trinajstić information content (AvgIpc) is 3.17. The molecule has 1 saturated carbocycles. The van der Waals surface area contributed by atoms with E-state index in [-0.39, 0.29) is 47.0 Å². The van der Waals surface area contributed by atoms with E-state index in [2.05, 4.69) is 15.3 Å². The standard InChI is InChI=1S/C26H35F3N4O4S/c1-15(2)37-19-6-8-23(17(11-19)13-38(35,36)16(3)4)33-10-9-22(25(33)34)32-24-20-12-18(26(27,28)29)5-7-21(20)30-14-31-24/h5,7,12,14-17,19,22-23H,6,8-11,13H2,1-4H3,(H,30,31,32)/t17-,19+,22?,23-/m0/s1. The molecule has 1 saturated heterocycles. The lowest BCUT2D eigenvalue weighted by Crippen LogP contribution is -2.50. The Morgan fingerprint density at radius 1 is 1.13 bits per heavy atom. The highest BCUT2D eigenvalue weighted by Gasteiger charge is 2.44. The molecule has 1 aliphatic heterocycles. The van der Waals surface area contributed by atoms with Crippen LogP contribution in [-0.4, -0.2) is 71.0 Å². The number of hydrogen-bond donors (Lipinski definition) is 1. The molecule has 1 amide bonds. The number of nitrogens with one attached hydrogen (secondary N) is 1. The maximum Gasteiger partial charge on any atom is 0.416 e. The summed E-state index contributed by atoms with van der Waals surface area (Å²) >= 11 is 0. The summed E-state index contributed by atoms with van der Waals surface area (Å²) in [7, 11) is -3.35. The van der Waals surface area contributed by atoms with E-state index in [1.54, 1.807) is 18.7 Å². The van der Waals surface area contributed by atoms with Crippen molar-refractivity contribution >= 4 is 32.5 Å². The number of hydrogen-bond acceptors (Lipinski definition) is 7. The van der Waals surface area contributed by atoms with E-state index < -0.39 is 32.9 Å². The van der Waals surface area contributed by atoms with Gasteiger partial charge in [0, 0.05) is 18.0 Å². The van der Waals surface area contributed by atoms with E-state index in [1.165, 1.54) is 12.4 Å². The molecule has 0 spiro atoms. The van der Waals surface area contributed by atoms with Gasteiger partial charge < -0.3 is 15.0 Å². The number of halogens is 3. The highest BCUT2D eigenvalue weighted by Crippen LogP contribution is 2.36. The van der Waals surface area contributed by atoms with Crippen LogP contribution in [0.15, 0.2) is 24.5 Å². The molecule has 12 heteroatoms. The Labute approximate surface area is 221 Å². The number of ether oxygens (including phenoxy) is 1. The minimum Gasteiger partial charge on any atom is -0.376 e. The van der Waals surface area contributed by atoms with Crippen molar-refractivity contribution in [2.24, 2.45) is 5.92 Å². The van der Waals surface area contributed by atoms with Gasteiger partial charge in [-0.05, 0) is 77.5 Å². The van der Waals surface area contributed by atoms with Crippen molar-refractivity contribution < 1.29 is 31.1 Å². The van der Waals surface area contributed by atoms with Crippen LogP contribution in [0, 0.1) is 5.92 Å². The quantitative estimate of drug-likeness (QED) is 0.513. The highest BCUT2D eigenvalue weighted by molar-refractivity contribution is 7.91. The second-order valence-corrected chi connectivity index (χ2v) is 13.4. The summed E-state index contributed by atoms with van der Waals surface area (Å²) in [5, 5.41) is 2.70. The number of carbonyl (C=O) groups is 1. The maximum atomic E-state index is 13.5. The predicted molar refractivity (Wildman–Crippen MR) is 138 cm³/mol. The van der Waals surface area contributed by atoms with Crippen LogP contribution in [-0.2, 0) is 25.5 Å². The lowest BCUT2D eigenvalue weighted by atomic mass is 9.83. The molecule has 210 valence electrons. The molecule has 1 aromatic carbocycles. The fourth-order valence-electron chi connectivity index (χ4n) is 5.47. The van der Waals surface area contributed by atoms with Crippen LogP contribution in [0.1, 0.15) is 58.9 Å². The van der Waals surface area contributed by atoms with E-state index in [0.29, 0.717) is 31.3 Å². The first kappa shape index (κ1) is 28.5. The molecule has 0 radical (unpaired) electrons. The van der Waals surface area contributed by atoms with E-state index in [1.807, 2.05) is 13.8 Å². The molecular weight excluding hydrogens is 521 g/mol. The number of benzene rings is 1. The summed E-state index contributed by atoms with van der Waals surface area (Å²) in [4.78, 5) is 23.5. The first-order chi connectivity index (χ1) is 17.8. The molecule has 2 fully saturated rings. The van der Waals surface area contributed by atoms with Crippen LogP contribution in [0.4, 0.5) is 19.0 Å². The minimum absolute atomic E-state index is 0.0152. The summed E-state index contributed by atoms with van der Waals surface area (Å²) < 4.78 is 71.6. The Kier molecular flexibility index (Phi) is 8.23. The van der Waals surface area contributed by atoms with Crippen LogP contribution in [0.5, 0.6) is 0 Å². The predicted octanol–water partition coefficient (Wildman–Crippen LogP) is 4.45. The largest absolute Gasteiger partial charge is 0.416 e. The zero-order valence-electron chi connectivity index (χ0n) is 22.0. The topological polar surface area (TPSA) is 101 Å². The molecule has 2 aliphatic rings. The van der Waals surface area contributed by atoms with Gasteiger partial charge in [0.2, 0.25) is 5.91 Å². The van der Waals surface area contributed by atoms with Crippen molar-refractivity contribution in [2.45, 2.75) is 89.1 Å². The van der Waals surface area contributed by atoms with Crippen molar-refractivity contribution in [3.8, 4) is 0 Å². The number of carbonyl (C=O) groups excluding carboxylic acids is 1. The lowest BCUT2D eigenvalue weighted by Gasteiger charge is -2.41. The molecule has 8 nitrogen and oxygen atoms in total. The molecule has 4 atom stereocenters. The second kappa shape index (κ2) is 11.0. The summed E-state index contributed by atoms with van der Waals surface area (Å²) in [6.07, 6.45) is -1.01. The van der Waals surface area contributed by atoms with Crippen molar-refractivity contribution in [1.29, 1.82) is 0 Å². The summed E-state index contributed by atoms with van der Waals surface area (Å²) in [6, 6.07) is 2.29. The fraction of sp³-hybridized carbons (Fsp3) is 0.654. The monoisotopic (exact) mass is 556 g/mol. The number of fused-ring (bicyclic) bond motifs is 1. The zero-order chi connectivity index (χ0) is 27.8. The van der Waals surface area contributed by atoms with Crippen molar-refractivity contribution in [3.05, 3.63) is 30.1 Å². The number of sulfone groups is 1. The summed E-state index contributed by atoms with van der Waals surface area (Å²) in [6.45, 7) is 7.63. The molecule has 1 aliphatic carbocycles. The van der Waals surface area contributed by atoms with Crippen molar-refractivity contribution in [2.75, 3.05) is 17.6 Å². The van der Waals surface area contributed by atoms with Crippen LogP contribution >= 0.6 is 0 Å². The first-order valence-electron chi connectivity index (χ1n) is 13.0. The zero-order valence-corrected chi connectivity index (χ0v) is 22.8. The summed E-state index contributed by atoms with van der Waals surface area (Å²) in [5.74, 6) is -0.332. The highest BCUT2D eigenvalue weighted by atomic mass is 32.2. The third-order valence-electron chi connectivity index (χ3n) is 7.44. The smallest absolute Gasteiger partial charge is 0.376 e. The van der Waals surface area contributed by atoms with Gasteiger partial charge in [-0.1, -0.05) is 0 Å². The number of alkyl halides is 3. The Balaban J connectivity index is 1.55. The average molecular weight is 557 g/mol. The van der Waals surface area contributed by atoms with E-state index in [0.717, 1.165) is 18.6 Å². The number of likely N-dealkylation sites (tertiary alicyclic amines) is 1. The van der Waals surface area contributed by atoms with E-state index in [9.17, 15) is 26.4 Å². The van der Waals surface area contributed by atoms with Crippen molar-refractivity contribution in [3.63, 3.8) is 0 Å². The molecule has 0 bridgehead atoms. The maximum absolute atomic E-state index is 13.5. The van der Waals surface area contributed by atoms with Gasteiger partial charge >= 0.3 is 6.18 Å². The van der Waals surface area contributed by atoms with Gasteiger partial charge in [-0.15, -0.1) is 0 Å². The number of amides is 1. The van der Waals surface area contributed by atoms with Crippen LogP contribution < -0.4 is 5.32 Å². The van der Waals surface area contributed by atoms with Gasteiger partial charge in [0.05, 0.1) is 34.3 Å². The molecule has 1 unspecified atom stereocenters. The third-order valence-corrected chi connectivity index (χ3v) is 9.77. The number of aromatic nitrogens is 2. The Morgan fingerprint density at radius 2 is 1.87 bits per heavy atom. The van der Waals surface area contributed by atoms with E-state index >= 15 is 0 Å². The number of anilines is 1. The van der Waals surface area contributed by atoms with Gasteiger partial charge in [-0.25, -0.2) is 18.4 Å².